The van der Waals surface area contributed by atoms with Crippen LogP contribution in [0.1, 0.15) is 5.56 Å². The van der Waals surface area contributed by atoms with Gasteiger partial charge in [-0.15, -0.1) is 0 Å². The van der Waals surface area contributed by atoms with E-state index >= 15 is 0 Å². The number of hydrazone groups is 1. The van der Waals surface area contributed by atoms with Gasteiger partial charge in [0.1, 0.15) is 0 Å². The first kappa shape index (κ1) is 19.9. The minimum absolute atomic E-state index is 0.0304. The van der Waals surface area contributed by atoms with E-state index in [1.54, 1.807) is 18.3 Å². The molecule has 158 valence electrons. The highest BCUT2D eigenvalue weighted by Gasteiger charge is 2.20. The lowest BCUT2D eigenvalue weighted by Crippen LogP contribution is -2.40. The molecule has 4 rings (SSSR count). The zero-order valence-electron chi connectivity index (χ0n) is 16.3. The molecular formula is C18H22N8O4. The lowest BCUT2D eigenvalue weighted by Gasteiger charge is -2.30. The molecule has 12 nitrogen and oxygen atoms in total. The second kappa shape index (κ2) is 9.41. The molecule has 2 aromatic rings. The molecule has 0 amide bonds. The Morgan fingerprint density at radius 2 is 1.47 bits per heavy atom. The summed E-state index contributed by atoms with van der Waals surface area (Å²) >= 11 is 0. The molecule has 0 unspecified atom stereocenters. The largest absolute Gasteiger partial charge is 0.378 e. The SMILES string of the molecule is O=[N+]([O-])c1ccc(C=NNc2nc(N3CCOCC3)nc(N3CCOCC3)n2)cc1. The highest BCUT2D eigenvalue weighted by Crippen LogP contribution is 2.19. The number of anilines is 3. The Bertz CT molecular complexity index is 859. The summed E-state index contributed by atoms with van der Waals surface area (Å²) in [5.41, 5.74) is 3.59. The molecule has 0 atom stereocenters. The Labute approximate surface area is 172 Å². The quantitative estimate of drug-likeness (QED) is 0.413. The summed E-state index contributed by atoms with van der Waals surface area (Å²) in [5.74, 6) is 1.47. The number of rotatable bonds is 6. The molecule has 1 aromatic heterocycles. The molecule has 0 bridgehead atoms. The Kier molecular flexibility index (Phi) is 6.25. The monoisotopic (exact) mass is 414 g/mol. The fourth-order valence-electron chi connectivity index (χ4n) is 3.06. The summed E-state index contributed by atoms with van der Waals surface area (Å²) in [7, 11) is 0. The van der Waals surface area contributed by atoms with Crippen LogP contribution in [0.15, 0.2) is 29.4 Å². The van der Waals surface area contributed by atoms with Crippen LogP contribution in [0.3, 0.4) is 0 Å². The van der Waals surface area contributed by atoms with Crippen molar-refractivity contribution < 1.29 is 14.4 Å². The van der Waals surface area contributed by atoms with Crippen molar-refractivity contribution in [1.82, 2.24) is 15.0 Å². The van der Waals surface area contributed by atoms with E-state index < -0.39 is 4.92 Å². The molecular weight excluding hydrogens is 392 g/mol. The second-order valence-electron chi connectivity index (χ2n) is 6.68. The van der Waals surface area contributed by atoms with E-state index in [0.717, 1.165) is 0 Å². The molecule has 1 N–H and O–H groups in total. The van der Waals surface area contributed by atoms with Gasteiger partial charge < -0.3 is 19.3 Å². The molecule has 30 heavy (non-hydrogen) atoms. The molecule has 0 saturated carbocycles. The minimum atomic E-state index is -0.440. The number of nitro benzene ring substituents is 1. The number of benzene rings is 1. The van der Waals surface area contributed by atoms with Gasteiger partial charge in [-0.3, -0.25) is 10.1 Å². The van der Waals surface area contributed by atoms with Crippen LogP contribution >= 0.6 is 0 Å². The third-order valence-corrected chi connectivity index (χ3v) is 4.68. The maximum Gasteiger partial charge on any atom is 0.269 e. The predicted molar refractivity (Wildman–Crippen MR) is 110 cm³/mol. The van der Waals surface area contributed by atoms with Gasteiger partial charge in [0.25, 0.3) is 5.69 Å². The average molecular weight is 414 g/mol. The van der Waals surface area contributed by atoms with Gasteiger partial charge in [-0.25, -0.2) is 5.43 Å². The van der Waals surface area contributed by atoms with Crippen molar-refractivity contribution in [1.29, 1.82) is 0 Å². The number of hydrogen-bond donors (Lipinski definition) is 1. The third kappa shape index (κ3) is 4.96. The number of hydrogen-bond acceptors (Lipinski definition) is 11. The van der Waals surface area contributed by atoms with Gasteiger partial charge >= 0.3 is 0 Å². The lowest BCUT2D eigenvalue weighted by molar-refractivity contribution is -0.384. The van der Waals surface area contributed by atoms with Crippen LogP contribution in [0.25, 0.3) is 0 Å². The molecule has 2 aliphatic heterocycles. The number of nitrogens with zero attached hydrogens (tertiary/aromatic N) is 7. The van der Waals surface area contributed by atoms with Crippen molar-refractivity contribution in [2.24, 2.45) is 5.10 Å². The van der Waals surface area contributed by atoms with E-state index in [2.05, 4.69) is 35.3 Å². The zero-order chi connectivity index (χ0) is 20.8. The summed E-state index contributed by atoms with van der Waals surface area (Å²) in [5, 5.41) is 14.9. The van der Waals surface area contributed by atoms with Gasteiger partial charge in [0.05, 0.1) is 37.6 Å². The van der Waals surface area contributed by atoms with Crippen LogP contribution in [-0.2, 0) is 9.47 Å². The van der Waals surface area contributed by atoms with E-state index in [1.807, 2.05) is 0 Å². The lowest BCUT2D eigenvalue weighted by atomic mass is 10.2. The van der Waals surface area contributed by atoms with Crippen molar-refractivity contribution in [2.75, 3.05) is 67.8 Å². The summed E-state index contributed by atoms with van der Waals surface area (Å²) < 4.78 is 10.8. The van der Waals surface area contributed by atoms with Crippen LogP contribution in [0.5, 0.6) is 0 Å². The van der Waals surface area contributed by atoms with Crippen LogP contribution in [0, 0.1) is 10.1 Å². The van der Waals surface area contributed by atoms with Crippen LogP contribution in [-0.4, -0.2) is 78.7 Å². The fourth-order valence-corrected chi connectivity index (χ4v) is 3.06. The van der Waals surface area contributed by atoms with Gasteiger partial charge in [0.2, 0.25) is 17.8 Å². The van der Waals surface area contributed by atoms with Gasteiger partial charge in [-0.1, -0.05) is 0 Å². The molecule has 2 aliphatic rings. The number of morpholine rings is 2. The highest BCUT2D eigenvalue weighted by atomic mass is 16.6. The molecule has 1 aromatic carbocycles. The van der Waals surface area contributed by atoms with Gasteiger partial charge in [0, 0.05) is 38.3 Å². The van der Waals surface area contributed by atoms with Crippen molar-refractivity contribution in [3.8, 4) is 0 Å². The first-order valence-electron chi connectivity index (χ1n) is 9.64. The Balaban J connectivity index is 1.52. The Morgan fingerprint density at radius 3 is 1.97 bits per heavy atom. The minimum Gasteiger partial charge on any atom is -0.378 e. The summed E-state index contributed by atoms with van der Waals surface area (Å²) in [6.45, 7) is 5.32. The zero-order valence-corrected chi connectivity index (χ0v) is 16.3. The van der Waals surface area contributed by atoms with E-state index in [0.29, 0.717) is 76.0 Å². The molecule has 2 saturated heterocycles. The van der Waals surface area contributed by atoms with Gasteiger partial charge in [0.15, 0.2) is 0 Å². The van der Waals surface area contributed by atoms with Gasteiger partial charge in [-0.2, -0.15) is 20.1 Å². The molecule has 0 aliphatic carbocycles. The van der Waals surface area contributed by atoms with E-state index in [-0.39, 0.29) is 5.69 Å². The molecule has 0 radical (unpaired) electrons. The third-order valence-electron chi connectivity index (χ3n) is 4.68. The Hall–Kier alpha value is -3.38. The van der Waals surface area contributed by atoms with Gasteiger partial charge in [-0.05, 0) is 17.7 Å². The summed E-state index contributed by atoms with van der Waals surface area (Å²) in [6, 6.07) is 6.10. The van der Waals surface area contributed by atoms with E-state index in [4.69, 9.17) is 9.47 Å². The van der Waals surface area contributed by atoms with Crippen molar-refractivity contribution in [3.63, 3.8) is 0 Å². The van der Waals surface area contributed by atoms with Crippen molar-refractivity contribution in [2.45, 2.75) is 0 Å². The number of ether oxygens (including phenoxy) is 2. The van der Waals surface area contributed by atoms with E-state index in [1.165, 1.54) is 12.1 Å². The smallest absolute Gasteiger partial charge is 0.269 e. The van der Waals surface area contributed by atoms with Crippen LogP contribution < -0.4 is 15.2 Å². The van der Waals surface area contributed by atoms with Crippen molar-refractivity contribution >= 4 is 29.7 Å². The molecule has 2 fully saturated rings. The number of nitrogens with one attached hydrogen (secondary N) is 1. The molecule has 12 heteroatoms. The van der Waals surface area contributed by atoms with Crippen molar-refractivity contribution in [3.05, 3.63) is 39.9 Å². The summed E-state index contributed by atoms with van der Waals surface area (Å²) in [6.07, 6.45) is 1.55. The first-order valence-corrected chi connectivity index (χ1v) is 9.64. The Morgan fingerprint density at radius 1 is 0.933 bits per heavy atom. The molecule has 3 heterocycles. The first-order chi connectivity index (χ1) is 14.7. The van der Waals surface area contributed by atoms with E-state index in [9.17, 15) is 10.1 Å². The second-order valence-corrected chi connectivity index (χ2v) is 6.68. The van der Waals surface area contributed by atoms with Crippen LogP contribution in [0.2, 0.25) is 0 Å². The standard InChI is InChI=1S/C18H22N8O4/c27-26(28)15-3-1-14(2-4-15)13-19-23-16-20-17(24-5-9-29-10-6-24)22-18(21-16)25-7-11-30-12-8-25/h1-4,13H,5-12H2,(H,20,21,22,23). The number of nitro groups is 1. The fraction of sp³-hybridized carbons (Fsp3) is 0.444. The number of non-ortho nitro benzene ring substituents is 1. The summed E-state index contributed by atoms with van der Waals surface area (Å²) in [4.78, 5) is 28.1. The molecule has 0 spiro atoms. The predicted octanol–water partition coefficient (Wildman–Crippen LogP) is 0.899. The number of aromatic nitrogens is 3. The topological polar surface area (TPSA) is 131 Å². The average Bonchev–Trinajstić information content (AvgIpc) is 2.80. The maximum atomic E-state index is 10.7. The van der Waals surface area contributed by atoms with Crippen LogP contribution in [0.4, 0.5) is 23.5 Å². The maximum absolute atomic E-state index is 10.7. The normalized spacial score (nSPS) is 17.3. The highest BCUT2D eigenvalue weighted by molar-refractivity contribution is 5.80.